The Hall–Kier alpha value is -1.98. The SMILES string of the molecule is O=C(O)[C@H]1CCCC[C@H]1C(=O)NCc1ccc(F)cc1F. The molecule has 1 aromatic rings. The van der Waals surface area contributed by atoms with Crippen molar-refractivity contribution in [2.24, 2.45) is 11.8 Å². The first-order chi connectivity index (χ1) is 9.99. The molecule has 2 rings (SSSR count). The number of carboxylic acids is 1. The van der Waals surface area contributed by atoms with E-state index >= 15 is 0 Å². The standard InChI is InChI=1S/C15H17F2NO3/c16-10-6-5-9(13(17)7-10)8-18-14(19)11-3-1-2-4-12(11)15(20)21/h5-7,11-12H,1-4,8H2,(H,18,19)(H,20,21)/t11-,12+/m1/s1. The Morgan fingerprint density at radius 1 is 1.19 bits per heavy atom. The molecular formula is C15H17F2NO3. The van der Waals surface area contributed by atoms with Crippen LogP contribution in [0.25, 0.3) is 0 Å². The predicted octanol–water partition coefficient (Wildman–Crippen LogP) is 2.47. The van der Waals surface area contributed by atoms with Crippen molar-refractivity contribution in [1.29, 1.82) is 0 Å². The minimum atomic E-state index is -0.970. The molecule has 0 aromatic heterocycles. The van der Waals surface area contributed by atoms with E-state index in [1.807, 2.05) is 0 Å². The van der Waals surface area contributed by atoms with Gasteiger partial charge in [-0.1, -0.05) is 18.9 Å². The van der Waals surface area contributed by atoms with Gasteiger partial charge in [0.25, 0.3) is 0 Å². The first-order valence-corrected chi connectivity index (χ1v) is 6.93. The number of nitrogens with one attached hydrogen (secondary N) is 1. The van der Waals surface area contributed by atoms with Crippen molar-refractivity contribution in [3.8, 4) is 0 Å². The largest absolute Gasteiger partial charge is 0.481 e. The number of carbonyl (C=O) groups excluding carboxylic acids is 1. The van der Waals surface area contributed by atoms with E-state index in [4.69, 9.17) is 5.11 Å². The third-order valence-corrected chi connectivity index (χ3v) is 3.89. The van der Waals surface area contributed by atoms with E-state index in [1.54, 1.807) is 0 Å². The van der Waals surface area contributed by atoms with E-state index in [2.05, 4.69) is 5.32 Å². The van der Waals surface area contributed by atoms with Crippen LogP contribution in [0, 0.1) is 23.5 Å². The highest BCUT2D eigenvalue weighted by Gasteiger charge is 2.35. The quantitative estimate of drug-likeness (QED) is 0.897. The van der Waals surface area contributed by atoms with Gasteiger partial charge >= 0.3 is 5.97 Å². The fraction of sp³-hybridized carbons (Fsp3) is 0.467. The van der Waals surface area contributed by atoms with E-state index in [0.717, 1.165) is 25.0 Å². The maximum atomic E-state index is 13.5. The highest BCUT2D eigenvalue weighted by atomic mass is 19.1. The van der Waals surface area contributed by atoms with Gasteiger partial charge < -0.3 is 10.4 Å². The van der Waals surface area contributed by atoms with Crippen LogP contribution >= 0.6 is 0 Å². The maximum absolute atomic E-state index is 13.5. The lowest BCUT2D eigenvalue weighted by Gasteiger charge is -2.27. The molecule has 4 nitrogen and oxygen atoms in total. The van der Waals surface area contributed by atoms with Gasteiger partial charge in [-0.3, -0.25) is 9.59 Å². The van der Waals surface area contributed by atoms with Gasteiger partial charge in [0.05, 0.1) is 11.8 Å². The van der Waals surface area contributed by atoms with E-state index < -0.39 is 29.4 Å². The molecule has 1 fully saturated rings. The van der Waals surface area contributed by atoms with Crippen molar-refractivity contribution in [3.05, 3.63) is 35.4 Å². The molecule has 0 spiro atoms. The highest BCUT2D eigenvalue weighted by molar-refractivity contribution is 5.84. The molecule has 1 aromatic carbocycles. The number of carbonyl (C=O) groups is 2. The zero-order chi connectivity index (χ0) is 15.4. The molecule has 1 amide bonds. The molecule has 1 saturated carbocycles. The second kappa shape index (κ2) is 6.65. The van der Waals surface area contributed by atoms with Crippen molar-refractivity contribution >= 4 is 11.9 Å². The van der Waals surface area contributed by atoms with Gasteiger partial charge in [0.2, 0.25) is 5.91 Å². The van der Waals surface area contributed by atoms with E-state index in [1.165, 1.54) is 6.07 Å². The summed E-state index contributed by atoms with van der Waals surface area (Å²) >= 11 is 0. The minimum absolute atomic E-state index is 0.0756. The van der Waals surface area contributed by atoms with Crippen molar-refractivity contribution < 1.29 is 23.5 Å². The van der Waals surface area contributed by atoms with Crippen molar-refractivity contribution in [1.82, 2.24) is 5.32 Å². The molecule has 1 aliphatic carbocycles. The molecule has 0 saturated heterocycles. The number of aliphatic carboxylic acids is 1. The molecule has 0 aliphatic heterocycles. The normalized spacial score (nSPS) is 21.8. The zero-order valence-electron chi connectivity index (χ0n) is 11.4. The Bertz CT molecular complexity index is 548. The summed E-state index contributed by atoms with van der Waals surface area (Å²) in [6, 6.07) is 3.13. The second-order valence-corrected chi connectivity index (χ2v) is 5.29. The van der Waals surface area contributed by atoms with E-state index in [9.17, 15) is 18.4 Å². The summed E-state index contributed by atoms with van der Waals surface area (Å²) in [4.78, 5) is 23.2. The first-order valence-electron chi connectivity index (χ1n) is 6.93. The Morgan fingerprint density at radius 3 is 2.48 bits per heavy atom. The predicted molar refractivity (Wildman–Crippen MR) is 71.3 cm³/mol. The molecule has 0 unspecified atom stereocenters. The molecule has 6 heteroatoms. The molecule has 2 N–H and O–H groups in total. The molecule has 0 heterocycles. The number of carboxylic acid groups (broad SMARTS) is 1. The average Bonchev–Trinajstić information content (AvgIpc) is 2.46. The van der Waals surface area contributed by atoms with Gasteiger partial charge in [-0.15, -0.1) is 0 Å². The van der Waals surface area contributed by atoms with Crippen molar-refractivity contribution in [2.75, 3.05) is 0 Å². The van der Waals surface area contributed by atoms with Crippen LogP contribution in [0.15, 0.2) is 18.2 Å². The van der Waals surface area contributed by atoms with Gasteiger partial charge in [0.1, 0.15) is 11.6 Å². The Kier molecular flexibility index (Phi) is 4.88. The van der Waals surface area contributed by atoms with Crippen LogP contribution in [0.1, 0.15) is 31.2 Å². The van der Waals surface area contributed by atoms with Crippen molar-refractivity contribution in [2.45, 2.75) is 32.2 Å². The summed E-state index contributed by atoms with van der Waals surface area (Å²) in [6.07, 6.45) is 2.62. The fourth-order valence-corrected chi connectivity index (χ4v) is 2.72. The Labute approximate surface area is 121 Å². The van der Waals surface area contributed by atoms with Crippen LogP contribution in [0.4, 0.5) is 8.78 Å². The summed E-state index contributed by atoms with van der Waals surface area (Å²) < 4.78 is 26.2. The fourth-order valence-electron chi connectivity index (χ4n) is 2.72. The van der Waals surface area contributed by atoms with Crippen LogP contribution in [-0.4, -0.2) is 17.0 Å². The third-order valence-electron chi connectivity index (χ3n) is 3.89. The highest BCUT2D eigenvalue weighted by Crippen LogP contribution is 2.30. The van der Waals surface area contributed by atoms with Crippen LogP contribution in [-0.2, 0) is 16.1 Å². The monoisotopic (exact) mass is 297 g/mol. The average molecular weight is 297 g/mol. The van der Waals surface area contributed by atoms with E-state index in [-0.39, 0.29) is 18.0 Å². The molecular weight excluding hydrogens is 280 g/mol. The third kappa shape index (κ3) is 3.77. The molecule has 0 radical (unpaired) electrons. The van der Waals surface area contributed by atoms with Crippen LogP contribution in [0.5, 0.6) is 0 Å². The molecule has 2 atom stereocenters. The van der Waals surface area contributed by atoms with Gasteiger partial charge in [-0.2, -0.15) is 0 Å². The maximum Gasteiger partial charge on any atom is 0.307 e. The summed E-state index contributed by atoms with van der Waals surface area (Å²) in [7, 11) is 0. The first kappa shape index (κ1) is 15.4. The number of rotatable bonds is 4. The summed E-state index contributed by atoms with van der Waals surface area (Å²) in [5, 5.41) is 11.7. The van der Waals surface area contributed by atoms with Gasteiger partial charge in [-0.25, -0.2) is 8.78 Å². The number of amides is 1. The van der Waals surface area contributed by atoms with Crippen LogP contribution in [0.2, 0.25) is 0 Å². The summed E-state index contributed by atoms with van der Waals surface area (Å²) in [5.41, 5.74) is 0.174. The minimum Gasteiger partial charge on any atom is -0.481 e. The topological polar surface area (TPSA) is 66.4 Å². The lowest BCUT2D eigenvalue weighted by Crippen LogP contribution is -2.39. The molecule has 114 valence electrons. The van der Waals surface area contributed by atoms with Gasteiger partial charge in [0, 0.05) is 18.2 Å². The lowest BCUT2D eigenvalue weighted by molar-refractivity contribution is -0.148. The number of hydrogen-bond acceptors (Lipinski definition) is 2. The van der Waals surface area contributed by atoms with Gasteiger partial charge in [0.15, 0.2) is 0 Å². The van der Waals surface area contributed by atoms with Gasteiger partial charge in [-0.05, 0) is 18.9 Å². The second-order valence-electron chi connectivity index (χ2n) is 5.29. The summed E-state index contributed by atoms with van der Waals surface area (Å²) in [6.45, 7) is -0.0756. The Balaban J connectivity index is 1.98. The summed E-state index contributed by atoms with van der Waals surface area (Å²) in [5.74, 6) is -4.03. The van der Waals surface area contributed by atoms with Crippen LogP contribution in [0.3, 0.4) is 0 Å². The Morgan fingerprint density at radius 2 is 1.86 bits per heavy atom. The van der Waals surface area contributed by atoms with Crippen LogP contribution < -0.4 is 5.32 Å². The molecule has 21 heavy (non-hydrogen) atoms. The molecule has 1 aliphatic rings. The zero-order valence-corrected chi connectivity index (χ0v) is 11.4. The number of halogens is 2. The molecule has 0 bridgehead atoms. The number of benzene rings is 1. The smallest absolute Gasteiger partial charge is 0.307 e. The lowest BCUT2D eigenvalue weighted by atomic mass is 9.78. The van der Waals surface area contributed by atoms with Crippen molar-refractivity contribution in [3.63, 3.8) is 0 Å². The van der Waals surface area contributed by atoms with E-state index in [0.29, 0.717) is 12.8 Å². The number of hydrogen-bond donors (Lipinski definition) is 2.